The highest BCUT2D eigenvalue weighted by molar-refractivity contribution is 7.99. The Morgan fingerprint density at radius 2 is 2.16 bits per heavy atom. The summed E-state index contributed by atoms with van der Waals surface area (Å²) in [6.45, 7) is 0.405. The highest BCUT2D eigenvalue weighted by Crippen LogP contribution is 2.26. The first-order valence-electron chi connectivity index (χ1n) is 7.38. The Morgan fingerprint density at radius 1 is 1.28 bits per heavy atom. The topological polar surface area (TPSA) is 92.3 Å². The quantitative estimate of drug-likeness (QED) is 0.446. The lowest BCUT2D eigenvalue weighted by Gasteiger charge is -2.09. The number of ether oxygens (including phenoxy) is 2. The van der Waals surface area contributed by atoms with E-state index in [0.29, 0.717) is 28.8 Å². The second-order valence-electron chi connectivity index (χ2n) is 4.98. The van der Waals surface area contributed by atoms with Gasteiger partial charge in [0.1, 0.15) is 23.8 Å². The van der Waals surface area contributed by atoms with Crippen LogP contribution in [0.3, 0.4) is 0 Å². The molecule has 3 aromatic rings. The van der Waals surface area contributed by atoms with Gasteiger partial charge in [0.05, 0.1) is 31.8 Å². The molecule has 0 aliphatic carbocycles. The van der Waals surface area contributed by atoms with Gasteiger partial charge in [0, 0.05) is 6.07 Å². The van der Waals surface area contributed by atoms with Crippen LogP contribution in [0.5, 0.6) is 11.5 Å². The Bertz CT molecular complexity index is 848. The van der Waals surface area contributed by atoms with Gasteiger partial charge >= 0.3 is 0 Å². The van der Waals surface area contributed by atoms with E-state index in [9.17, 15) is 4.79 Å². The van der Waals surface area contributed by atoms with Crippen LogP contribution >= 0.6 is 11.8 Å². The van der Waals surface area contributed by atoms with Gasteiger partial charge in [-0.15, -0.1) is 5.10 Å². The molecule has 0 aliphatic rings. The number of furan rings is 1. The van der Waals surface area contributed by atoms with Crippen LogP contribution in [-0.4, -0.2) is 46.0 Å². The van der Waals surface area contributed by atoms with Crippen molar-refractivity contribution in [3.63, 3.8) is 0 Å². The van der Waals surface area contributed by atoms with E-state index >= 15 is 0 Å². The largest absolute Gasteiger partial charge is 0.497 e. The second kappa shape index (κ2) is 7.84. The average molecular weight is 360 g/mol. The molecular weight excluding hydrogens is 344 g/mol. The van der Waals surface area contributed by atoms with Crippen LogP contribution in [0.15, 0.2) is 46.2 Å². The summed E-state index contributed by atoms with van der Waals surface area (Å²) in [6.07, 6.45) is 1.59. The molecule has 130 valence electrons. The molecule has 3 rings (SSSR count). The summed E-state index contributed by atoms with van der Waals surface area (Å²) in [7, 11) is 3.08. The van der Waals surface area contributed by atoms with Gasteiger partial charge in [-0.25, -0.2) is 4.68 Å². The van der Waals surface area contributed by atoms with Crippen molar-refractivity contribution in [2.24, 2.45) is 0 Å². The van der Waals surface area contributed by atoms with E-state index in [0.717, 1.165) is 5.76 Å². The van der Waals surface area contributed by atoms with Gasteiger partial charge in [0.15, 0.2) is 5.78 Å². The lowest BCUT2D eigenvalue weighted by atomic mass is 10.1. The number of Topliss-reactive ketones (excluding diaryl/α,β-unsaturated/α-hetero) is 1. The van der Waals surface area contributed by atoms with Crippen LogP contribution in [0.1, 0.15) is 16.1 Å². The lowest BCUT2D eigenvalue weighted by Crippen LogP contribution is -2.08. The van der Waals surface area contributed by atoms with Crippen molar-refractivity contribution in [3.05, 3.63) is 47.9 Å². The van der Waals surface area contributed by atoms with E-state index in [1.165, 1.54) is 18.9 Å². The van der Waals surface area contributed by atoms with E-state index in [2.05, 4.69) is 15.5 Å². The first kappa shape index (κ1) is 17.0. The molecular formula is C16H16N4O4S. The van der Waals surface area contributed by atoms with Crippen molar-refractivity contribution < 1.29 is 18.7 Å². The molecule has 0 atom stereocenters. The molecule has 0 spiro atoms. The second-order valence-corrected chi connectivity index (χ2v) is 5.92. The van der Waals surface area contributed by atoms with Crippen molar-refractivity contribution in [1.29, 1.82) is 0 Å². The van der Waals surface area contributed by atoms with Gasteiger partial charge in [0.25, 0.3) is 0 Å². The SMILES string of the molecule is COc1ccc(C(=O)CSc2nnnn2Cc2ccco2)c(OC)c1. The summed E-state index contributed by atoms with van der Waals surface area (Å²) in [4.78, 5) is 12.5. The molecule has 0 unspecified atom stereocenters. The van der Waals surface area contributed by atoms with Crippen molar-refractivity contribution in [3.8, 4) is 11.5 Å². The summed E-state index contributed by atoms with van der Waals surface area (Å²) in [6, 6.07) is 8.72. The number of aromatic nitrogens is 4. The third-order valence-electron chi connectivity index (χ3n) is 3.43. The maximum atomic E-state index is 12.5. The Morgan fingerprint density at radius 3 is 2.88 bits per heavy atom. The fraction of sp³-hybridized carbons (Fsp3) is 0.250. The zero-order valence-electron chi connectivity index (χ0n) is 13.7. The van der Waals surface area contributed by atoms with Gasteiger partial charge in [0.2, 0.25) is 5.16 Å². The molecule has 0 amide bonds. The van der Waals surface area contributed by atoms with Gasteiger partial charge in [-0.05, 0) is 34.7 Å². The van der Waals surface area contributed by atoms with Crippen LogP contribution in [-0.2, 0) is 6.54 Å². The summed E-state index contributed by atoms with van der Waals surface area (Å²) < 4.78 is 17.3. The summed E-state index contributed by atoms with van der Waals surface area (Å²) >= 11 is 1.26. The Balaban J connectivity index is 1.68. The minimum atomic E-state index is -0.0861. The monoisotopic (exact) mass is 360 g/mol. The van der Waals surface area contributed by atoms with Crippen molar-refractivity contribution in [2.75, 3.05) is 20.0 Å². The fourth-order valence-electron chi connectivity index (χ4n) is 2.19. The van der Waals surface area contributed by atoms with Crippen molar-refractivity contribution >= 4 is 17.5 Å². The molecule has 2 aromatic heterocycles. The fourth-order valence-corrected chi connectivity index (χ4v) is 2.95. The van der Waals surface area contributed by atoms with Crippen molar-refractivity contribution in [2.45, 2.75) is 11.7 Å². The molecule has 0 saturated carbocycles. The van der Waals surface area contributed by atoms with Crippen molar-refractivity contribution in [1.82, 2.24) is 20.2 Å². The molecule has 2 heterocycles. The van der Waals surface area contributed by atoms with Gasteiger partial charge in [-0.3, -0.25) is 4.79 Å². The molecule has 25 heavy (non-hydrogen) atoms. The maximum absolute atomic E-state index is 12.5. The molecule has 0 fully saturated rings. The number of rotatable bonds is 8. The smallest absolute Gasteiger partial charge is 0.210 e. The maximum Gasteiger partial charge on any atom is 0.210 e. The van der Waals surface area contributed by atoms with Crippen LogP contribution < -0.4 is 9.47 Å². The van der Waals surface area contributed by atoms with E-state index in [-0.39, 0.29) is 11.5 Å². The number of nitrogens with zero attached hydrogens (tertiary/aromatic N) is 4. The molecule has 0 saturated heterocycles. The average Bonchev–Trinajstić information content (AvgIpc) is 3.31. The van der Waals surface area contributed by atoms with E-state index in [1.54, 1.807) is 42.3 Å². The van der Waals surface area contributed by atoms with Crippen LogP contribution in [0.25, 0.3) is 0 Å². The Kier molecular flexibility index (Phi) is 5.34. The number of hydrogen-bond donors (Lipinski definition) is 0. The highest BCUT2D eigenvalue weighted by atomic mass is 32.2. The zero-order chi connectivity index (χ0) is 17.6. The summed E-state index contributed by atoms with van der Waals surface area (Å²) in [5.41, 5.74) is 0.487. The number of thioether (sulfide) groups is 1. The van der Waals surface area contributed by atoms with E-state index < -0.39 is 0 Å². The molecule has 0 N–H and O–H groups in total. The lowest BCUT2D eigenvalue weighted by molar-refractivity contribution is 0.101. The minimum Gasteiger partial charge on any atom is -0.497 e. The standard InChI is InChI=1S/C16H16N4O4S/c1-22-11-5-6-13(15(8-11)23-2)14(21)10-25-16-17-18-19-20(16)9-12-4-3-7-24-12/h3-8H,9-10H2,1-2H3. The number of carbonyl (C=O) groups is 1. The van der Waals surface area contributed by atoms with Gasteiger partial charge in [-0.1, -0.05) is 11.8 Å². The van der Waals surface area contributed by atoms with Crippen LogP contribution in [0.4, 0.5) is 0 Å². The van der Waals surface area contributed by atoms with E-state index in [1.807, 2.05) is 6.07 Å². The predicted octanol–water partition coefficient (Wildman–Crippen LogP) is 2.31. The number of methoxy groups -OCH3 is 2. The Labute approximate surface area is 148 Å². The summed E-state index contributed by atoms with van der Waals surface area (Å²) in [5, 5.41) is 12.1. The third kappa shape index (κ3) is 4.00. The van der Waals surface area contributed by atoms with E-state index in [4.69, 9.17) is 13.9 Å². The number of carbonyl (C=O) groups excluding carboxylic acids is 1. The number of ketones is 1. The summed E-state index contributed by atoms with van der Waals surface area (Å²) in [5.74, 6) is 1.93. The Hall–Kier alpha value is -2.81. The van der Waals surface area contributed by atoms with Crippen LogP contribution in [0, 0.1) is 0 Å². The molecule has 0 bridgehead atoms. The number of benzene rings is 1. The van der Waals surface area contributed by atoms with Gasteiger partial charge < -0.3 is 13.9 Å². The first-order chi connectivity index (χ1) is 12.2. The van der Waals surface area contributed by atoms with Crippen LogP contribution in [0.2, 0.25) is 0 Å². The molecule has 8 nitrogen and oxygen atoms in total. The number of tetrazole rings is 1. The molecule has 1 aromatic carbocycles. The molecule has 9 heteroatoms. The zero-order valence-corrected chi connectivity index (χ0v) is 14.5. The minimum absolute atomic E-state index is 0.0861. The normalized spacial score (nSPS) is 10.6. The molecule has 0 radical (unpaired) electrons. The highest BCUT2D eigenvalue weighted by Gasteiger charge is 2.16. The predicted molar refractivity (Wildman–Crippen MR) is 90.2 cm³/mol. The first-order valence-corrected chi connectivity index (χ1v) is 8.36. The molecule has 0 aliphatic heterocycles. The van der Waals surface area contributed by atoms with Gasteiger partial charge in [-0.2, -0.15) is 0 Å². The third-order valence-corrected chi connectivity index (χ3v) is 4.38. The number of hydrogen-bond acceptors (Lipinski definition) is 8.